The fourth-order valence-electron chi connectivity index (χ4n) is 0.373. The largest absolute Gasteiger partial charge is 0.460 e. The average molecular weight is 265 g/mol. The van der Waals surface area contributed by atoms with Crippen LogP contribution in [0, 0.1) is 0 Å². The average Bonchev–Trinajstić information content (AvgIpc) is 1.97. The molecule has 0 heterocycles. The van der Waals surface area contributed by atoms with E-state index in [4.69, 9.17) is 34.1 Å². The van der Waals surface area contributed by atoms with Crippen molar-refractivity contribution in [3.05, 3.63) is 12.7 Å². The number of alkyl halides is 1. The van der Waals surface area contributed by atoms with Crippen molar-refractivity contribution >= 4 is 45.9 Å². The number of hydrogen-bond donors (Lipinski definition) is 0. The van der Waals surface area contributed by atoms with E-state index in [0.29, 0.717) is 0 Å². The molecule has 0 aromatic heterocycles. The number of rotatable bonds is 4. The summed E-state index contributed by atoms with van der Waals surface area (Å²) in [5, 5.41) is 0. The Balaban J connectivity index is 4.55. The summed E-state index contributed by atoms with van der Waals surface area (Å²) < 4.78 is 13.8. The molecule has 0 aliphatic heterocycles. The molecule has 0 amide bonds. The van der Waals surface area contributed by atoms with Gasteiger partial charge in [0.05, 0.1) is 0 Å². The first-order chi connectivity index (χ1) is 5.73. The van der Waals surface area contributed by atoms with Crippen LogP contribution in [0.2, 0.25) is 0 Å². The van der Waals surface area contributed by atoms with Crippen LogP contribution in [0.15, 0.2) is 12.7 Å². The molecule has 7 heteroatoms. The van der Waals surface area contributed by atoms with Gasteiger partial charge < -0.3 is 4.74 Å². The third-order valence-electron chi connectivity index (χ3n) is 1.19. The molecule has 0 fully saturated rings. The van der Waals surface area contributed by atoms with Gasteiger partial charge in [-0.2, -0.15) is 0 Å². The Kier molecular flexibility index (Phi) is 4.81. The second kappa shape index (κ2) is 4.70. The van der Waals surface area contributed by atoms with Crippen LogP contribution in [-0.2, 0) is 14.1 Å². The van der Waals surface area contributed by atoms with Crippen molar-refractivity contribution in [2.45, 2.75) is 11.5 Å². The zero-order chi connectivity index (χ0) is 10.7. The molecule has 0 N–H and O–H groups in total. The lowest BCUT2D eigenvalue weighted by molar-refractivity contribution is -0.142. The molecule has 1 atom stereocenters. The van der Waals surface area contributed by atoms with Crippen LogP contribution < -0.4 is 0 Å². The van der Waals surface area contributed by atoms with Gasteiger partial charge >= 0.3 is 5.97 Å². The first-order valence-corrected chi connectivity index (χ1v) is 7.09. The Morgan fingerprint density at radius 1 is 1.69 bits per heavy atom. The monoisotopic (exact) mass is 264 g/mol. The minimum absolute atomic E-state index is 0.0328. The zero-order valence-corrected chi connectivity index (χ0v) is 9.96. The lowest BCUT2D eigenvalue weighted by Gasteiger charge is -2.19. The van der Waals surface area contributed by atoms with Crippen LogP contribution in [-0.4, -0.2) is 17.2 Å². The van der Waals surface area contributed by atoms with E-state index in [1.807, 2.05) is 0 Å². The number of carbonyl (C=O) groups is 1. The summed E-state index contributed by atoms with van der Waals surface area (Å²) >= 11 is 16.1. The lowest BCUT2D eigenvalue weighted by Crippen LogP contribution is -2.28. The summed E-state index contributed by atoms with van der Waals surface area (Å²) in [6.07, 6.45) is 1.35. The van der Waals surface area contributed by atoms with Gasteiger partial charge in [-0.25, -0.2) is 4.79 Å². The molecule has 0 radical (unpaired) electrons. The van der Waals surface area contributed by atoms with Crippen LogP contribution in [0.1, 0.15) is 6.92 Å². The van der Waals surface area contributed by atoms with Crippen molar-refractivity contribution in [2.24, 2.45) is 0 Å². The third-order valence-corrected chi connectivity index (χ3v) is 5.77. The van der Waals surface area contributed by atoms with E-state index >= 15 is 0 Å². The summed E-state index contributed by atoms with van der Waals surface area (Å²) in [6.45, 7) is 4.43. The summed E-state index contributed by atoms with van der Waals surface area (Å²) in [5.41, 5.74) is 0. The summed E-state index contributed by atoms with van der Waals surface area (Å²) in [4.78, 5) is 11.1. The molecular formula is C6H8Cl3O3P. The highest BCUT2D eigenvalue weighted by atomic mass is 35.9. The van der Waals surface area contributed by atoms with Gasteiger partial charge in [-0.3, -0.25) is 4.57 Å². The van der Waals surface area contributed by atoms with Crippen LogP contribution in [0.4, 0.5) is 0 Å². The summed E-state index contributed by atoms with van der Waals surface area (Å²) in [6, 6.07) is 0. The van der Waals surface area contributed by atoms with Gasteiger partial charge in [-0.15, -0.1) is 0 Å². The molecule has 0 rings (SSSR count). The van der Waals surface area contributed by atoms with Crippen molar-refractivity contribution < 1.29 is 14.1 Å². The Morgan fingerprint density at radius 3 is 2.46 bits per heavy atom. The highest BCUT2D eigenvalue weighted by Crippen LogP contribution is 2.69. The highest BCUT2D eigenvalue weighted by Gasteiger charge is 2.48. The molecule has 3 nitrogen and oxygen atoms in total. The molecule has 0 aromatic rings. The van der Waals surface area contributed by atoms with E-state index in [9.17, 15) is 9.36 Å². The number of halogens is 3. The van der Waals surface area contributed by atoms with Crippen LogP contribution in [0.5, 0.6) is 0 Å². The second-order valence-corrected chi connectivity index (χ2v) is 8.52. The molecule has 0 aliphatic carbocycles. The quantitative estimate of drug-likeness (QED) is 0.339. The maximum absolute atomic E-state index is 11.1. The van der Waals surface area contributed by atoms with E-state index in [0.717, 1.165) is 6.92 Å². The van der Waals surface area contributed by atoms with E-state index < -0.39 is 16.4 Å². The van der Waals surface area contributed by atoms with Gasteiger partial charge in [0.25, 0.3) is 5.85 Å². The summed E-state index contributed by atoms with van der Waals surface area (Å²) in [5.74, 6) is -4.69. The van der Waals surface area contributed by atoms with Crippen molar-refractivity contribution in [3.63, 3.8) is 0 Å². The number of carbonyl (C=O) groups excluding carboxylic acids is 1. The molecule has 0 spiro atoms. The zero-order valence-electron chi connectivity index (χ0n) is 6.80. The molecule has 1 unspecified atom stereocenters. The molecule has 0 bridgehead atoms. The van der Waals surface area contributed by atoms with Crippen molar-refractivity contribution in [1.82, 2.24) is 0 Å². The molecule has 0 aromatic carbocycles. The number of hydrogen-bond acceptors (Lipinski definition) is 3. The predicted molar refractivity (Wildman–Crippen MR) is 54.7 cm³/mol. The van der Waals surface area contributed by atoms with Gasteiger partial charge in [-0.05, 0) is 29.4 Å². The Bertz CT molecular complexity index is 258. The lowest BCUT2D eigenvalue weighted by atomic mass is 10.5. The SMILES string of the molecule is C=CCOC(=O)C(C)(Cl)P(=O)(Cl)Cl. The molecule has 0 saturated carbocycles. The van der Waals surface area contributed by atoms with Crippen molar-refractivity contribution in [1.29, 1.82) is 0 Å². The Hall–Kier alpha value is 0.310. The molecule has 13 heavy (non-hydrogen) atoms. The van der Waals surface area contributed by atoms with E-state index in [2.05, 4.69) is 11.3 Å². The van der Waals surface area contributed by atoms with Gasteiger partial charge in [0, 0.05) is 0 Å². The molecular weight excluding hydrogens is 257 g/mol. The maximum atomic E-state index is 11.1. The van der Waals surface area contributed by atoms with Gasteiger partial charge in [-0.1, -0.05) is 24.3 Å². The van der Waals surface area contributed by atoms with Crippen LogP contribution in [0.25, 0.3) is 0 Å². The first-order valence-electron chi connectivity index (χ1n) is 3.20. The van der Waals surface area contributed by atoms with Crippen LogP contribution >= 0.6 is 39.9 Å². The van der Waals surface area contributed by atoms with E-state index in [-0.39, 0.29) is 6.61 Å². The molecule has 76 valence electrons. The fraction of sp³-hybridized carbons (Fsp3) is 0.500. The minimum Gasteiger partial charge on any atom is -0.460 e. The van der Waals surface area contributed by atoms with E-state index in [1.165, 1.54) is 6.08 Å². The standard InChI is InChI=1S/C6H8Cl3O3P/c1-3-4-12-5(10)6(2,7)13(8,9)11/h3H,1,4H2,2H3. The van der Waals surface area contributed by atoms with Crippen LogP contribution in [0.3, 0.4) is 0 Å². The minimum atomic E-state index is -3.76. The maximum Gasteiger partial charge on any atom is 0.337 e. The van der Waals surface area contributed by atoms with Gasteiger partial charge in [0.2, 0.25) is 4.62 Å². The summed E-state index contributed by atoms with van der Waals surface area (Å²) in [7, 11) is 0. The molecule has 0 saturated heterocycles. The third kappa shape index (κ3) is 3.51. The van der Waals surface area contributed by atoms with Crippen molar-refractivity contribution in [2.75, 3.05) is 6.61 Å². The Morgan fingerprint density at radius 2 is 2.15 bits per heavy atom. The van der Waals surface area contributed by atoms with Gasteiger partial charge in [0.15, 0.2) is 0 Å². The number of ether oxygens (including phenoxy) is 1. The molecule has 0 aliphatic rings. The second-order valence-electron chi connectivity index (χ2n) is 2.30. The van der Waals surface area contributed by atoms with Crippen molar-refractivity contribution in [3.8, 4) is 0 Å². The smallest absolute Gasteiger partial charge is 0.337 e. The normalized spacial score (nSPS) is 16.0. The first kappa shape index (κ1) is 13.3. The fourth-order valence-corrected chi connectivity index (χ4v) is 1.12. The number of esters is 1. The van der Waals surface area contributed by atoms with E-state index in [1.54, 1.807) is 0 Å². The highest BCUT2D eigenvalue weighted by molar-refractivity contribution is 8.10. The Labute approximate surface area is 90.9 Å². The van der Waals surface area contributed by atoms with Gasteiger partial charge in [0.1, 0.15) is 6.61 Å². The topological polar surface area (TPSA) is 43.4 Å². The predicted octanol–water partition coefficient (Wildman–Crippen LogP) is 3.34.